The molecule has 0 saturated carbocycles. The third kappa shape index (κ3) is 2.03. The Morgan fingerprint density at radius 2 is 1.79 bits per heavy atom. The lowest BCUT2D eigenvalue weighted by molar-refractivity contribution is 0.146. The van der Waals surface area contributed by atoms with Gasteiger partial charge in [0, 0.05) is 0 Å². The average molecular weight is 223 g/mol. The van der Waals surface area contributed by atoms with Gasteiger partial charge in [0.1, 0.15) is 5.82 Å². The van der Waals surface area contributed by atoms with Gasteiger partial charge in [-0.25, -0.2) is 13.2 Å². The molecule has 0 amide bonds. The Kier molecular flexibility index (Phi) is 3.43. The number of benzene rings is 1. The fraction of sp³-hybridized carbons (Fsp3) is 0.400. The van der Waals surface area contributed by atoms with Crippen LogP contribution in [0.1, 0.15) is 37.3 Å². The van der Waals surface area contributed by atoms with Gasteiger partial charge in [-0.3, -0.25) is 0 Å². The van der Waals surface area contributed by atoms with Crippen molar-refractivity contribution in [3.63, 3.8) is 0 Å². The minimum Gasteiger partial charge on any atom is -0.206 e. The molecule has 0 bridgehead atoms. The summed E-state index contributed by atoms with van der Waals surface area (Å²) < 4.78 is 37.8. The molecule has 0 aliphatic rings. The maximum atomic E-state index is 13.0. The first kappa shape index (κ1) is 11.4. The smallest absolute Gasteiger partial charge is 0.206 e. The van der Waals surface area contributed by atoms with E-state index in [1.807, 2.05) is 13.8 Å². The lowest BCUT2D eigenvalue weighted by atomic mass is 10.0. The predicted octanol–water partition coefficient (Wildman–Crippen LogP) is 4.54. The van der Waals surface area contributed by atoms with Crippen LogP contribution in [0.25, 0.3) is 0 Å². The summed E-state index contributed by atoms with van der Waals surface area (Å²) >= 11 is 5.68. The molecule has 1 aromatic carbocycles. The largest absolute Gasteiger partial charge is 0.268 e. The maximum absolute atomic E-state index is 13.0. The van der Waals surface area contributed by atoms with E-state index in [4.69, 9.17) is 11.6 Å². The van der Waals surface area contributed by atoms with E-state index in [0.29, 0.717) is 5.56 Å². The molecule has 0 unspecified atom stereocenters. The number of rotatable bonds is 2. The van der Waals surface area contributed by atoms with Crippen molar-refractivity contribution in [2.75, 3.05) is 0 Å². The molecule has 0 spiro atoms. The van der Waals surface area contributed by atoms with Gasteiger partial charge in [0.25, 0.3) is 6.43 Å². The van der Waals surface area contributed by atoms with Crippen molar-refractivity contribution < 1.29 is 13.2 Å². The van der Waals surface area contributed by atoms with Crippen molar-refractivity contribution in [1.82, 2.24) is 0 Å². The molecule has 0 radical (unpaired) electrons. The van der Waals surface area contributed by atoms with Gasteiger partial charge >= 0.3 is 0 Å². The molecule has 0 nitrogen and oxygen atoms in total. The summed E-state index contributed by atoms with van der Waals surface area (Å²) in [4.78, 5) is 0. The fourth-order valence-electron chi connectivity index (χ4n) is 1.23. The fourth-order valence-corrected chi connectivity index (χ4v) is 1.69. The highest BCUT2D eigenvalue weighted by Crippen LogP contribution is 2.35. The highest BCUT2D eigenvalue weighted by molar-refractivity contribution is 6.32. The number of hydrogen-bond donors (Lipinski definition) is 0. The van der Waals surface area contributed by atoms with Gasteiger partial charge in [0.2, 0.25) is 0 Å². The van der Waals surface area contributed by atoms with Crippen LogP contribution in [0.3, 0.4) is 0 Å². The average Bonchev–Trinajstić information content (AvgIpc) is 2.02. The molecule has 4 heteroatoms. The number of halogens is 4. The van der Waals surface area contributed by atoms with Crippen LogP contribution >= 0.6 is 11.6 Å². The third-order valence-corrected chi connectivity index (χ3v) is 2.42. The lowest BCUT2D eigenvalue weighted by Gasteiger charge is -2.12. The standard InChI is InChI=1S/C10H10ClF3/c1-5(2)6-3-4-7(12)8(9(6)11)10(13)14/h3-5,10H,1-2H3. The van der Waals surface area contributed by atoms with Crippen molar-refractivity contribution in [2.45, 2.75) is 26.2 Å². The van der Waals surface area contributed by atoms with Crippen LogP contribution < -0.4 is 0 Å². The van der Waals surface area contributed by atoms with E-state index in [1.165, 1.54) is 6.07 Å². The summed E-state index contributed by atoms with van der Waals surface area (Å²) in [6, 6.07) is 2.47. The Labute approximate surface area is 85.7 Å². The van der Waals surface area contributed by atoms with Gasteiger partial charge < -0.3 is 0 Å². The van der Waals surface area contributed by atoms with Crippen molar-refractivity contribution in [3.05, 3.63) is 34.1 Å². The Morgan fingerprint density at radius 1 is 1.21 bits per heavy atom. The van der Waals surface area contributed by atoms with Crippen LogP contribution in [0.4, 0.5) is 13.2 Å². The first-order valence-corrected chi connectivity index (χ1v) is 4.59. The monoisotopic (exact) mass is 222 g/mol. The molecule has 0 aliphatic carbocycles. The summed E-state index contributed by atoms with van der Waals surface area (Å²) in [5.74, 6) is -0.949. The third-order valence-electron chi connectivity index (χ3n) is 2.00. The molecular weight excluding hydrogens is 213 g/mol. The molecule has 14 heavy (non-hydrogen) atoms. The van der Waals surface area contributed by atoms with Crippen molar-refractivity contribution >= 4 is 11.6 Å². The molecule has 0 aromatic heterocycles. The van der Waals surface area contributed by atoms with E-state index in [9.17, 15) is 13.2 Å². The quantitative estimate of drug-likeness (QED) is 0.689. The van der Waals surface area contributed by atoms with Gasteiger partial charge in [-0.2, -0.15) is 0 Å². The van der Waals surface area contributed by atoms with Gasteiger partial charge in [-0.15, -0.1) is 0 Å². The second-order valence-corrected chi connectivity index (χ2v) is 3.70. The highest BCUT2D eigenvalue weighted by atomic mass is 35.5. The van der Waals surface area contributed by atoms with Crippen molar-refractivity contribution in [2.24, 2.45) is 0 Å². The van der Waals surface area contributed by atoms with Crippen LogP contribution in [0.2, 0.25) is 5.02 Å². The minimum atomic E-state index is -2.87. The first-order valence-electron chi connectivity index (χ1n) is 4.21. The molecule has 0 N–H and O–H groups in total. The van der Waals surface area contributed by atoms with E-state index in [-0.39, 0.29) is 10.9 Å². The van der Waals surface area contributed by atoms with Crippen LogP contribution in [-0.4, -0.2) is 0 Å². The first-order chi connectivity index (χ1) is 6.45. The summed E-state index contributed by atoms with van der Waals surface area (Å²) in [7, 11) is 0. The van der Waals surface area contributed by atoms with Crippen molar-refractivity contribution in [3.8, 4) is 0 Å². The topological polar surface area (TPSA) is 0 Å². The predicted molar refractivity (Wildman–Crippen MR) is 50.5 cm³/mol. The molecule has 0 aliphatic heterocycles. The van der Waals surface area contributed by atoms with E-state index in [0.717, 1.165) is 6.07 Å². The molecule has 0 atom stereocenters. The van der Waals surface area contributed by atoms with Gasteiger partial charge in [0.05, 0.1) is 10.6 Å². The second-order valence-electron chi connectivity index (χ2n) is 3.32. The van der Waals surface area contributed by atoms with E-state index in [1.54, 1.807) is 0 Å². The normalized spacial score (nSPS) is 11.4. The molecule has 0 heterocycles. The number of alkyl halides is 2. The zero-order chi connectivity index (χ0) is 10.9. The Morgan fingerprint density at radius 3 is 2.21 bits per heavy atom. The summed E-state index contributed by atoms with van der Waals surface area (Å²) in [6.45, 7) is 3.63. The van der Waals surface area contributed by atoms with E-state index in [2.05, 4.69) is 0 Å². The maximum Gasteiger partial charge on any atom is 0.268 e. The minimum absolute atomic E-state index is 0.000556. The van der Waals surface area contributed by atoms with Gasteiger partial charge in [0.15, 0.2) is 0 Å². The molecule has 78 valence electrons. The van der Waals surface area contributed by atoms with Crippen molar-refractivity contribution in [1.29, 1.82) is 0 Å². The molecular formula is C10H10ClF3. The molecule has 1 rings (SSSR count). The lowest BCUT2D eigenvalue weighted by Crippen LogP contribution is -1.98. The van der Waals surface area contributed by atoms with Crippen LogP contribution in [0.5, 0.6) is 0 Å². The van der Waals surface area contributed by atoms with E-state index >= 15 is 0 Å². The Balaban J connectivity index is 3.34. The second kappa shape index (κ2) is 4.22. The van der Waals surface area contributed by atoms with Crippen LogP contribution in [-0.2, 0) is 0 Å². The molecule has 1 aromatic rings. The van der Waals surface area contributed by atoms with Crippen LogP contribution in [0.15, 0.2) is 12.1 Å². The molecule has 0 saturated heterocycles. The zero-order valence-corrected chi connectivity index (χ0v) is 8.58. The highest BCUT2D eigenvalue weighted by Gasteiger charge is 2.20. The summed E-state index contributed by atoms with van der Waals surface area (Å²) in [5, 5.41) is -0.157. The SMILES string of the molecule is CC(C)c1ccc(F)c(C(F)F)c1Cl. The summed E-state index contributed by atoms with van der Waals surface area (Å²) in [5.41, 5.74) is -0.152. The van der Waals surface area contributed by atoms with Gasteiger partial charge in [-0.05, 0) is 17.5 Å². The molecule has 0 fully saturated rings. The Hall–Kier alpha value is -0.700. The number of hydrogen-bond acceptors (Lipinski definition) is 0. The van der Waals surface area contributed by atoms with E-state index < -0.39 is 17.8 Å². The summed E-state index contributed by atoms with van der Waals surface area (Å²) in [6.07, 6.45) is -2.87. The Bertz CT molecular complexity index is 334. The van der Waals surface area contributed by atoms with Gasteiger partial charge in [-0.1, -0.05) is 31.5 Å². The van der Waals surface area contributed by atoms with Crippen LogP contribution in [0, 0.1) is 5.82 Å². The zero-order valence-electron chi connectivity index (χ0n) is 7.82.